The Morgan fingerprint density at radius 1 is 1.14 bits per heavy atom. The third-order valence-electron chi connectivity index (χ3n) is 3.31. The molecular formula is C16H15N3OS. The van der Waals surface area contributed by atoms with Crippen molar-refractivity contribution in [3.63, 3.8) is 0 Å². The lowest BCUT2D eigenvalue weighted by Gasteiger charge is -2.07. The van der Waals surface area contributed by atoms with Crippen molar-refractivity contribution >= 4 is 11.8 Å². The highest BCUT2D eigenvalue weighted by Gasteiger charge is 2.18. The first kappa shape index (κ1) is 13.7. The lowest BCUT2D eigenvalue weighted by molar-refractivity contribution is 0.195. The monoisotopic (exact) mass is 297 g/mol. The average molecular weight is 297 g/mol. The quantitative estimate of drug-likeness (QED) is 0.589. The minimum Gasteiger partial charge on any atom is -0.426 e. The first-order chi connectivity index (χ1) is 10.2. The molecule has 0 saturated carbocycles. The van der Waals surface area contributed by atoms with Crippen molar-refractivity contribution in [1.82, 2.24) is 14.7 Å². The minimum absolute atomic E-state index is 0.552. The minimum atomic E-state index is 0.552. The van der Waals surface area contributed by atoms with E-state index in [-0.39, 0.29) is 0 Å². The summed E-state index contributed by atoms with van der Waals surface area (Å²) in [5.74, 6) is 0.552. The van der Waals surface area contributed by atoms with E-state index in [9.17, 15) is 5.21 Å². The fraction of sp³-hybridized carbons (Fsp3) is 0.125. The molecule has 0 saturated heterocycles. The summed E-state index contributed by atoms with van der Waals surface area (Å²) in [6.07, 6.45) is 5.44. The highest BCUT2D eigenvalue weighted by atomic mass is 32.2. The Kier molecular flexibility index (Phi) is 3.66. The van der Waals surface area contributed by atoms with Gasteiger partial charge in [0.2, 0.25) is 0 Å². The number of nitrogens with zero attached hydrogens (tertiary/aromatic N) is 3. The summed E-state index contributed by atoms with van der Waals surface area (Å²) >= 11 is 1.63. The summed E-state index contributed by atoms with van der Waals surface area (Å²) < 4.78 is 1.15. The Labute approximate surface area is 127 Å². The molecule has 0 atom stereocenters. The third-order valence-corrected chi connectivity index (χ3v) is 4.11. The zero-order valence-electron chi connectivity index (χ0n) is 11.8. The highest BCUT2D eigenvalue weighted by molar-refractivity contribution is 7.98. The molecule has 0 aliphatic heterocycles. The van der Waals surface area contributed by atoms with Gasteiger partial charge in [-0.2, -0.15) is 4.73 Å². The summed E-state index contributed by atoms with van der Waals surface area (Å²) in [5, 5.41) is 10.6. The van der Waals surface area contributed by atoms with Crippen LogP contribution >= 0.6 is 11.8 Å². The van der Waals surface area contributed by atoms with E-state index < -0.39 is 0 Å². The van der Waals surface area contributed by atoms with Gasteiger partial charge in [-0.25, -0.2) is 4.98 Å². The predicted octanol–water partition coefficient (Wildman–Crippen LogP) is 3.88. The molecule has 2 heterocycles. The van der Waals surface area contributed by atoms with Crippen LogP contribution < -0.4 is 0 Å². The maximum atomic E-state index is 10.6. The molecule has 4 nitrogen and oxygen atoms in total. The van der Waals surface area contributed by atoms with Crippen LogP contribution in [-0.2, 0) is 0 Å². The normalized spacial score (nSPS) is 10.8. The van der Waals surface area contributed by atoms with Crippen molar-refractivity contribution in [2.75, 3.05) is 6.26 Å². The van der Waals surface area contributed by atoms with Gasteiger partial charge in [0.1, 0.15) is 5.69 Å². The second-order valence-corrected chi connectivity index (χ2v) is 5.47. The number of rotatable bonds is 3. The van der Waals surface area contributed by atoms with Crippen LogP contribution in [0.3, 0.4) is 0 Å². The summed E-state index contributed by atoms with van der Waals surface area (Å²) in [6.45, 7) is 1.89. The summed E-state index contributed by atoms with van der Waals surface area (Å²) in [5.41, 5.74) is 3.22. The van der Waals surface area contributed by atoms with Gasteiger partial charge in [0, 0.05) is 28.4 Å². The Morgan fingerprint density at radius 3 is 2.67 bits per heavy atom. The largest absolute Gasteiger partial charge is 0.426 e. The molecule has 0 spiro atoms. The molecule has 0 unspecified atom stereocenters. The average Bonchev–Trinajstić information content (AvgIpc) is 2.83. The van der Waals surface area contributed by atoms with E-state index in [2.05, 4.69) is 9.97 Å². The van der Waals surface area contributed by atoms with Gasteiger partial charge in [-0.05, 0) is 31.4 Å². The number of benzene rings is 1. The van der Waals surface area contributed by atoms with Gasteiger partial charge < -0.3 is 5.21 Å². The zero-order valence-corrected chi connectivity index (χ0v) is 12.6. The van der Waals surface area contributed by atoms with Gasteiger partial charge >= 0.3 is 0 Å². The zero-order chi connectivity index (χ0) is 14.8. The van der Waals surface area contributed by atoms with Crippen LogP contribution in [0.4, 0.5) is 0 Å². The Bertz CT molecular complexity index is 768. The molecule has 0 aliphatic rings. The number of imidazole rings is 1. The number of aryl methyl sites for hydroxylation is 1. The predicted molar refractivity (Wildman–Crippen MR) is 84.6 cm³/mol. The van der Waals surface area contributed by atoms with Gasteiger partial charge in [-0.1, -0.05) is 18.2 Å². The Morgan fingerprint density at radius 2 is 1.95 bits per heavy atom. The summed E-state index contributed by atoms with van der Waals surface area (Å²) in [6, 6.07) is 11.7. The molecule has 0 aliphatic carbocycles. The van der Waals surface area contributed by atoms with Gasteiger partial charge in [-0.3, -0.25) is 4.98 Å². The van der Waals surface area contributed by atoms with Crippen LogP contribution in [0.5, 0.6) is 0 Å². The SMILES string of the molecule is CSc1ccccc1-c1nc(C)c(-c2cccnc2)n1O. The van der Waals surface area contributed by atoms with Crippen LogP contribution in [0.2, 0.25) is 0 Å². The number of hydrogen-bond donors (Lipinski definition) is 1. The molecule has 1 aromatic carbocycles. The van der Waals surface area contributed by atoms with Crippen molar-refractivity contribution in [2.24, 2.45) is 0 Å². The van der Waals surface area contributed by atoms with E-state index in [4.69, 9.17) is 0 Å². The molecule has 3 aromatic rings. The summed E-state index contributed by atoms with van der Waals surface area (Å²) in [4.78, 5) is 9.72. The van der Waals surface area contributed by atoms with Crippen molar-refractivity contribution in [1.29, 1.82) is 0 Å². The van der Waals surface area contributed by atoms with E-state index in [0.29, 0.717) is 11.5 Å². The molecule has 3 rings (SSSR count). The number of thioether (sulfide) groups is 1. The summed E-state index contributed by atoms with van der Waals surface area (Å²) in [7, 11) is 0. The Balaban J connectivity index is 2.19. The molecule has 106 valence electrons. The molecule has 1 N–H and O–H groups in total. The lowest BCUT2D eigenvalue weighted by atomic mass is 10.2. The van der Waals surface area contributed by atoms with Crippen LogP contribution in [0.1, 0.15) is 5.69 Å². The van der Waals surface area contributed by atoms with Crippen LogP contribution in [0.25, 0.3) is 22.6 Å². The smallest absolute Gasteiger partial charge is 0.177 e. The lowest BCUT2D eigenvalue weighted by Crippen LogP contribution is -1.98. The van der Waals surface area contributed by atoms with Crippen LogP contribution in [0, 0.1) is 6.92 Å². The van der Waals surface area contributed by atoms with Crippen molar-refractivity contribution < 1.29 is 5.21 Å². The maximum absolute atomic E-state index is 10.6. The maximum Gasteiger partial charge on any atom is 0.177 e. The van der Waals surface area contributed by atoms with E-state index in [1.165, 1.54) is 0 Å². The number of hydrogen-bond acceptors (Lipinski definition) is 4. The van der Waals surface area contributed by atoms with Gasteiger partial charge in [0.25, 0.3) is 0 Å². The number of aromatic nitrogens is 3. The first-order valence-corrected chi connectivity index (χ1v) is 7.77. The van der Waals surface area contributed by atoms with Gasteiger partial charge in [0.15, 0.2) is 5.82 Å². The molecule has 0 amide bonds. The van der Waals surface area contributed by atoms with E-state index in [1.54, 1.807) is 24.2 Å². The van der Waals surface area contributed by atoms with Crippen molar-refractivity contribution in [3.05, 3.63) is 54.5 Å². The molecule has 2 aromatic heterocycles. The molecular weight excluding hydrogens is 282 g/mol. The van der Waals surface area contributed by atoms with E-state index in [0.717, 1.165) is 26.4 Å². The molecule has 5 heteroatoms. The van der Waals surface area contributed by atoms with Crippen LogP contribution in [0.15, 0.2) is 53.7 Å². The van der Waals surface area contributed by atoms with Crippen molar-refractivity contribution in [2.45, 2.75) is 11.8 Å². The van der Waals surface area contributed by atoms with Crippen LogP contribution in [-0.4, -0.2) is 26.2 Å². The van der Waals surface area contributed by atoms with Gasteiger partial charge in [-0.15, -0.1) is 11.8 Å². The molecule has 0 radical (unpaired) electrons. The fourth-order valence-electron chi connectivity index (χ4n) is 2.36. The highest BCUT2D eigenvalue weighted by Crippen LogP contribution is 2.33. The topological polar surface area (TPSA) is 50.9 Å². The van der Waals surface area contributed by atoms with Crippen molar-refractivity contribution in [3.8, 4) is 22.6 Å². The second-order valence-electron chi connectivity index (χ2n) is 4.62. The molecule has 0 fully saturated rings. The number of pyridine rings is 1. The fourth-order valence-corrected chi connectivity index (χ4v) is 2.95. The van der Waals surface area contributed by atoms with E-state index in [1.807, 2.05) is 49.6 Å². The second kappa shape index (κ2) is 5.61. The van der Waals surface area contributed by atoms with Gasteiger partial charge in [0.05, 0.1) is 5.69 Å². The first-order valence-electron chi connectivity index (χ1n) is 6.54. The van der Waals surface area contributed by atoms with E-state index >= 15 is 0 Å². The molecule has 21 heavy (non-hydrogen) atoms. The Hall–Kier alpha value is -2.27. The molecule has 0 bridgehead atoms. The third kappa shape index (κ3) is 2.40. The standard InChI is InChI=1S/C16H15N3OS/c1-11-15(12-6-5-9-17-10-12)19(20)16(18-11)13-7-3-4-8-14(13)21-2/h3-10,20H,1-2H3.